The molecule has 6 nitrogen and oxygen atoms in total. The molecule has 1 aliphatic rings. The minimum absolute atomic E-state index is 0.154. The molecule has 1 heterocycles. The second-order valence-corrected chi connectivity index (χ2v) is 5.94. The number of nitrogens with one attached hydrogen (secondary N) is 1. The molecule has 20 heavy (non-hydrogen) atoms. The van der Waals surface area contributed by atoms with E-state index in [1.807, 2.05) is 20.8 Å². The van der Waals surface area contributed by atoms with Gasteiger partial charge in [-0.05, 0) is 40.7 Å². The molecule has 0 aliphatic carbocycles. The van der Waals surface area contributed by atoms with E-state index in [1.54, 1.807) is 11.8 Å². The van der Waals surface area contributed by atoms with Gasteiger partial charge in [0.05, 0.1) is 6.61 Å². The van der Waals surface area contributed by atoms with E-state index in [-0.39, 0.29) is 12.1 Å². The number of hydrogen-bond acceptors (Lipinski definition) is 5. The van der Waals surface area contributed by atoms with Gasteiger partial charge < -0.3 is 19.7 Å². The van der Waals surface area contributed by atoms with E-state index in [2.05, 4.69) is 5.32 Å². The number of ether oxygens (including phenoxy) is 2. The standard InChI is InChI=1S/C14H26N2O4/c1-5-19-12(17)7-6-8-15-11-9-16(10-11)13(18)20-14(2,3)4/h11,15H,5-10H2,1-4H3. The Hall–Kier alpha value is -1.30. The van der Waals surface area contributed by atoms with Gasteiger partial charge in [-0.15, -0.1) is 0 Å². The molecule has 0 spiro atoms. The number of hydrogen-bond donors (Lipinski definition) is 1. The normalized spacial score (nSPS) is 15.7. The van der Waals surface area contributed by atoms with Crippen molar-refractivity contribution >= 4 is 12.1 Å². The number of amides is 1. The molecular formula is C14H26N2O4. The van der Waals surface area contributed by atoms with Gasteiger partial charge in [0.25, 0.3) is 0 Å². The second-order valence-electron chi connectivity index (χ2n) is 5.94. The molecule has 0 aromatic carbocycles. The Kier molecular flexibility index (Phi) is 6.26. The van der Waals surface area contributed by atoms with Crippen LogP contribution in [0.2, 0.25) is 0 Å². The lowest BCUT2D eigenvalue weighted by Crippen LogP contribution is -2.60. The van der Waals surface area contributed by atoms with Crippen LogP contribution in [0.3, 0.4) is 0 Å². The number of nitrogens with zero attached hydrogens (tertiary/aromatic N) is 1. The summed E-state index contributed by atoms with van der Waals surface area (Å²) >= 11 is 0. The molecule has 0 saturated carbocycles. The third kappa shape index (κ3) is 6.23. The largest absolute Gasteiger partial charge is 0.466 e. The van der Waals surface area contributed by atoms with Gasteiger partial charge in [-0.1, -0.05) is 0 Å². The van der Waals surface area contributed by atoms with E-state index < -0.39 is 5.60 Å². The second kappa shape index (κ2) is 7.47. The average molecular weight is 286 g/mol. The Labute approximate surface area is 120 Å². The number of carbonyl (C=O) groups is 2. The first kappa shape index (κ1) is 16.8. The molecule has 1 fully saturated rings. The predicted octanol–water partition coefficient (Wildman–Crippen LogP) is 1.54. The molecule has 0 radical (unpaired) electrons. The van der Waals surface area contributed by atoms with Gasteiger partial charge in [0, 0.05) is 25.6 Å². The predicted molar refractivity (Wildman–Crippen MR) is 75.5 cm³/mol. The van der Waals surface area contributed by atoms with Crippen molar-refractivity contribution in [2.45, 2.75) is 52.2 Å². The van der Waals surface area contributed by atoms with Crippen molar-refractivity contribution in [2.24, 2.45) is 0 Å². The van der Waals surface area contributed by atoms with Gasteiger partial charge in [0.2, 0.25) is 0 Å². The first-order valence-electron chi connectivity index (χ1n) is 7.18. The van der Waals surface area contributed by atoms with Crippen LogP contribution >= 0.6 is 0 Å². The lowest BCUT2D eigenvalue weighted by molar-refractivity contribution is -0.143. The molecule has 6 heteroatoms. The summed E-state index contributed by atoms with van der Waals surface area (Å²) in [5, 5.41) is 3.31. The van der Waals surface area contributed by atoms with Crippen LogP contribution in [-0.4, -0.2) is 54.8 Å². The van der Waals surface area contributed by atoms with E-state index in [0.717, 1.165) is 13.0 Å². The fourth-order valence-corrected chi connectivity index (χ4v) is 1.86. The van der Waals surface area contributed by atoms with Gasteiger partial charge in [0.15, 0.2) is 0 Å². The summed E-state index contributed by atoms with van der Waals surface area (Å²) in [6, 6.07) is 0.296. The molecule has 0 atom stereocenters. The lowest BCUT2D eigenvalue weighted by atomic mass is 10.1. The van der Waals surface area contributed by atoms with Crippen molar-refractivity contribution in [1.82, 2.24) is 10.2 Å². The quantitative estimate of drug-likeness (QED) is 0.592. The molecule has 0 aromatic heterocycles. The van der Waals surface area contributed by atoms with E-state index >= 15 is 0 Å². The van der Waals surface area contributed by atoms with Crippen molar-refractivity contribution in [3.63, 3.8) is 0 Å². The summed E-state index contributed by atoms with van der Waals surface area (Å²) < 4.78 is 10.1. The van der Waals surface area contributed by atoms with Crippen LogP contribution < -0.4 is 5.32 Å². The van der Waals surface area contributed by atoms with Crippen LogP contribution in [0, 0.1) is 0 Å². The molecule has 1 rings (SSSR count). The van der Waals surface area contributed by atoms with E-state index in [4.69, 9.17) is 9.47 Å². The molecule has 1 amide bonds. The highest BCUT2D eigenvalue weighted by Crippen LogP contribution is 2.15. The lowest BCUT2D eigenvalue weighted by Gasteiger charge is -2.40. The van der Waals surface area contributed by atoms with Gasteiger partial charge in [-0.25, -0.2) is 4.79 Å². The summed E-state index contributed by atoms with van der Waals surface area (Å²) in [7, 11) is 0. The van der Waals surface area contributed by atoms with Crippen LogP contribution in [-0.2, 0) is 14.3 Å². The van der Waals surface area contributed by atoms with Crippen LogP contribution in [0.4, 0.5) is 4.79 Å². The molecule has 0 unspecified atom stereocenters. The Morgan fingerprint density at radius 3 is 2.50 bits per heavy atom. The third-order valence-corrected chi connectivity index (χ3v) is 2.83. The summed E-state index contributed by atoms with van der Waals surface area (Å²) in [5.41, 5.74) is -0.449. The van der Waals surface area contributed by atoms with Crippen molar-refractivity contribution in [2.75, 3.05) is 26.2 Å². The van der Waals surface area contributed by atoms with E-state index in [9.17, 15) is 9.59 Å². The zero-order valence-electron chi connectivity index (χ0n) is 12.9. The Bertz CT molecular complexity index is 333. The summed E-state index contributed by atoms with van der Waals surface area (Å²) in [4.78, 5) is 24.5. The zero-order chi connectivity index (χ0) is 15.2. The maximum absolute atomic E-state index is 11.7. The van der Waals surface area contributed by atoms with Gasteiger partial charge in [-0.3, -0.25) is 4.79 Å². The number of likely N-dealkylation sites (tertiary alicyclic amines) is 1. The number of rotatable bonds is 6. The van der Waals surface area contributed by atoms with Gasteiger partial charge in [0.1, 0.15) is 5.60 Å². The number of esters is 1. The van der Waals surface area contributed by atoms with E-state index in [0.29, 0.717) is 32.2 Å². The zero-order valence-corrected chi connectivity index (χ0v) is 12.9. The first-order chi connectivity index (χ1) is 9.31. The van der Waals surface area contributed by atoms with Crippen LogP contribution in [0.25, 0.3) is 0 Å². The first-order valence-corrected chi connectivity index (χ1v) is 7.18. The topological polar surface area (TPSA) is 67.9 Å². The van der Waals surface area contributed by atoms with E-state index in [1.165, 1.54) is 0 Å². The smallest absolute Gasteiger partial charge is 0.410 e. The third-order valence-electron chi connectivity index (χ3n) is 2.83. The Morgan fingerprint density at radius 2 is 1.95 bits per heavy atom. The van der Waals surface area contributed by atoms with Crippen molar-refractivity contribution in [3.05, 3.63) is 0 Å². The maximum atomic E-state index is 11.7. The summed E-state index contributed by atoms with van der Waals surface area (Å²) in [5.74, 6) is -0.154. The van der Waals surface area contributed by atoms with Crippen LogP contribution in [0.5, 0.6) is 0 Å². The highest BCUT2D eigenvalue weighted by Gasteiger charge is 2.33. The SMILES string of the molecule is CCOC(=O)CCCNC1CN(C(=O)OC(C)(C)C)C1. The molecule has 1 aliphatic heterocycles. The summed E-state index contributed by atoms with van der Waals surface area (Å²) in [6.07, 6.45) is 0.924. The summed E-state index contributed by atoms with van der Waals surface area (Å²) in [6.45, 7) is 9.88. The minimum Gasteiger partial charge on any atom is -0.466 e. The fourth-order valence-electron chi connectivity index (χ4n) is 1.86. The van der Waals surface area contributed by atoms with Crippen molar-refractivity contribution < 1.29 is 19.1 Å². The highest BCUT2D eigenvalue weighted by molar-refractivity contribution is 5.69. The van der Waals surface area contributed by atoms with Crippen molar-refractivity contribution in [1.29, 1.82) is 0 Å². The monoisotopic (exact) mass is 286 g/mol. The minimum atomic E-state index is -0.449. The molecule has 1 saturated heterocycles. The maximum Gasteiger partial charge on any atom is 0.410 e. The van der Waals surface area contributed by atoms with Crippen LogP contribution in [0.1, 0.15) is 40.5 Å². The number of carbonyl (C=O) groups excluding carboxylic acids is 2. The van der Waals surface area contributed by atoms with Gasteiger partial charge in [-0.2, -0.15) is 0 Å². The highest BCUT2D eigenvalue weighted by atomic mass is 16.6. The molecule has 0 aromatic rings. The fraction of sp³-hybridized carbons (Fsp3) is 0.857. The van der Waals surface area contributed by atoms with Crippen molar-refractivity contribution in [3.8, 4) is 0 Å². The van der Waals surface area contributed by atoms with Crippen LogP contribution in [0.15, 0.2) is 0 Å². The molecular weight excluding hydrogens is 260 g/mol. The average Bonchev–Trinajstić information content (AvgIpc) is 2.23. The Morgan fingerprint density at radius 1 is 1.30 bits per heavy atom. The Balaban J connectivity index is 2.05. The molecule has 0 bridgehead atoms. The molecule has 1 N–H and O–H groups in total. The molecule has 116 valence electrons. The van der Waals surface area contributed by atoms with Gasteiger partial charge >= 0.3 is 12.1 Å².